The van der Waals surface area contributed by atoms with Crippen molar-refractivity contribution < 1.29 is 9.84 Å². The first kappa shape index (κ1) is 19.4. The Bertz CT molecular complexity index is 728. The van der Waals surface area contributed by atoms with Gasteiger partial charge >= 0.3 is 0 Å². The van der Waals surface area contributed by atoms with E-state index >= 15 is 0 Å². The number of likely N-dealkylation sites (tertiary alicyclic amines) is 2. The molecule has 0 amide bonds. The number of ether oxygens (including phenoxy) is 1. The monoisotopic (exact) mass is 380 g/mol. The molecule has 150 valence electrons. The summed E-state index contributed by atoms with van der Waals surface area (Å²) in [4.78, 5) is 5.25. The summed E-state index contributed by atoms with van der Waals surface area (Å²) in [7, 11) is 0. The highest BCUT2D eigenvalue weighted by Crippen LogP contribution is 2.26. The first-order chi connectivity index (χ1) is 13.8. The van der Waals surface area contributed by atoms with Gasteiger partial charge in [0.2, 0.25) is 0 Å². The van der Waals surface area contributed by atoms with E-state index in [0.29, 0.717) is 18.6 Å². The van der Waals surface area contributed by atoms with Gasteiger partial charge in [-0.3, -0.25) is 9.80 Å². The third-order valence-electron chi connectivity index (χ3n) is 6.19. The Kier molecular flexibility index (Phi) is 6.63. The highest BCUT2D eigenvalue weighted by atomic mass is 16.5. The summed E-state index contributed by atoms with van der Waals surface area (Å²) in [6, 6.07) is 19.1. The normalized spacial score (nSPS) is 22.2. The maximum Gasteiger partial charge on any atom is 0.127 e. The first-order valence-corrected chi connectivity index (χ1v) is 10.7. The molecule has 0 saturated carbocycles. The van der Waals surface area contributed by atoms with Crippen molar-refractivity contribution in [3.63, 3.8) is 0 Å². The fourth-order valence-electron chi connectivity index (χ4n) is 4.56. The van der Waals surface area contributed by atoms with E-state index in [0.717, 1.165) is 50.5 Å². The van der Waals surface area contributed by atoms with Gasteiger partial charge < -0.3 is 9.84 Å². The Morgan fingerprint density at radius 1 is 0.893 bits per heavy atom. The number of hydrogen-bond donors (Lipinski definition) is 1. The summed E-state index contributed by atoms with van der Waals surface area (Å²) in [6.45, 7) is 5.94. The lowest BCUT2D eigenvalue weighted by Crippen LogP contribution is -2.50. The minimum absolute atomic E-state index is 0.353. The van der Waals surface area contributed by atoms with E-state index in [1.54, 1.807) is 0 Å². The highest BCUT2D eigenvalue weighted by molar-refractivity contribution is 5.33. The molecule has 0 spiro atoms. The summed E-state index contributed by atoms with van der Waals surface area (Å²) in [6.07, 6.45) is 4.86. The van der Waals surface area contributed by atoms with Crippen molar-refractivity contribution in [2.75, 3.05) is 32.8 Å². The van der Waals surface area contributed by atoms with Crippen LogP contribution in [0.3, 0.4) is 0 Å². The summed E-state index contributed by atoms with van der Waals surface area (Å²) >= 11 is 0. The molecule has 2 saturated heterocycles. The van der Waals surface area contributed by atoms with Crippen LogP contribution in [-0.4, -0.2) is 53.7 Å². The highest BCUT2D eigenvalue weighted by Gasteiger charge is 2.28. The molecule has 4 rings (SSSR count). The average molecular weight is 381 g/mol. The molecule has 2 heterocycles. The van der Waals surface area contributed by atoms with Crippen LogP contribution >= 0.6 is 0 Å². The van der Waals surface area contributed by atoms with Crippen molar-refractivity contribution in [2.24, 2.45) is 5.92 Å². The van der Waals surface area contributed by atoms with E-state index in [4.69, 9.17) is 4.74 Å². The molecular formula is C24H32N2O2. The molecule has 2 aromatic rings. The van der Waals surface area contributed by atoms with Crippen molar-refractivity contribution >= 4 is 0 Å². The molecule has 2 aromatic carbocycles. The molecule has 0 aliphatic carbocycles. The number of piperidine rings is 2. The van der Waals surface area contributed by atoms with Crippen LogP contribution in [0.1, 0.15) is 31.2 Å². The fourth-order valence-corrected chi connectivity index (χ4v) is 4.56. The van der Waals surface area contributed by atoms with Crippen molar-refractivity contribution in [3.05, 3.63) is 60.2 Å². The number of aliphatic hydroxyl groups excluding tert-OH is 1. The van der Waals surface area contributed by atoms with Gasteiger partial charge in [-0.05, 0) is 81.1 Å². The van der Waals surface area contributed by atoms with E-state index in [9.17, 15) is 5.11 Å². The number of para-hydroxylation sites is 1. The van der Waals surface area contributed by atoms with Gasteiger partial charge in [0.1, 0.15) is 11.5 Å². The molecule has 4 heteroatoms. The van der Waals surface area contributed by atoms with Crippen molar-refractivity contribution in [1.29, 1.82) is 0 Å². The molecule has 28 heavy (non-hydrogen) atoms. The quantitative estimate of drug-likeness (QED) is 0.817. The molecule has 2 aliphatic heterocycles. The summed E-state index contributed by atoms with van der Waals surface area (Å²) < 4.78 is 6.00. The second kappa shape index (κ2) is 9.55. The molecule has 2 aliphatic rings. The van der Waals surface area contributed by atoms with Gasteiger partial charge in [0, 0.05) is 25.7 Å². The molecule has 0 bridgehead atoms. The van der Waals surface area contributed by atoms with Crippen LogP contribution in [0.5, 0.6) is 11.5 Å². The predicted molar refractivity (Wildman–Crippen MR) is 113 cm³/mol. The predicted octanol–water partition coefficient (Wildman–Crippen LogP) is 4.15. The standard InChI is InChI=1S/C24H32N2O2/c27-19-20-11-14-26(15-12-20)22-7-5-13-25(18-22)17-21-6-4-10-24(16-21)28-23-8-2-1-3-9-23/h1-4,6,8-10,16,20,22,27H,5,7,11-15,17-19H2. The fraction of sp³-hybridized carbons (Fsp3) is 0.500. The van der Waals surface area contributed by atoms with Crippen molar-refractivity contribution in [1.82, 2.24) is 9.80 Å². The second-order valence-corrected chi connectivity index (χ2v) is 8.26. The van der Waals surface area contributed by atoms with E-state index in [-0.39, 0.29) is 0 Å². The zero-order valence-electron chi connectivity index (χ0n) is 16.7. The molecule has 1 atom stereocenters. The number of benzene rings is 2. The summed E-state index contributed by atoms with van der Waals surface area (Å²) in [5, 5.41) is 9.37. The average Bonchev–Trinajstić information content (AvgIpc) is 2.75. The van der Waals surface area contributed by atoms with Crippen LogP contribution in [0.2, 0.25) is 0 Å². The van der Waals surface area contributed by atoms with Gasteiger partial charge in [-0.2, -0.15) is 0 Å². The molecule has 1 unspecified atom stereocenters. The van der Waals surface area contributed by atoms with E-state index in [2.05, 4.69) is 28.0 Å². The molecule has 1 N–H and O–H groups in total. The van der Waals surface area contributed by atoms with Crippen LogP contribution in [0.15, 0.2) is 54.6 Å². The zero-order valence-corrected chi connectivity index (χ0v) is 16.7. The van der Waals surface area contributed by atoms with Crippen molar-refractivity contribution in [2.45, 2.75) is 38.3 Å². The van der Waals surface area contributed by atoms with Crippen LogP contribution in [0.25, 0.3) is 0 Å². The van der Waals surface area contributed by atoms with Crippen LogP contribution in [0.4, 0.5) is 0 Å². The molecule has 0 radical (unpaired) electrons. The van der Waals surface area contributed by atoms with Gasteiger partial charge in [0.15, 0.2) is 0 Å². The zero-order chi connectivity index (χ0) is 19.2. The third kappa shape index (κ3) is 5.13. The van der Waals surface area contributed by atoms with E-state index in [1.807, 2.05) is 36.4 Å². The van der Waals surface area contributed by atoms with Gasteiger partial charge in [-0.15, -0.1) is 0 Å². The van der Waals surface area contributed by atoms with Gasteiger partial charge in [-0.1, -0.05) is 30.3 Å². The molecular weight excluding hydrogens is 348 g/mol. The lowest BCUT2D eigenvalue weighted by Gasteiger charge is -2.42. The second-order valence-electron chi connectivity index (χ2n) is 8.26. The first-order valence-electron chi connectivity index (χ1n) is 10.7. The van der Waals surface area contributed by atoms with Gasteiger partial charge in [0.05, 0.1) is 0 Å². The number of hydrogen-bond acceptors (Lipinski definition) is 4. The minimum atomic E-state index is 0.353. The number of aliphatic hydroxyl groups is 1. The maximum atomic E-state index is 9.37. The van der Waals surface area contributed by atoms with Crippen LogP contribution in [-0.2, 0) is 6.54 Å². The Morgan fingerprint density at radius 2 is 1.68 bits per heavy atom. The Labute approximate surface area is 168 Å². The van der Waals surface area contributed by atoms with Gasteiger partial charge in [0.25, 0.3) is 0 Å². The Morgan fingerprint density at radius 3 is 2.46 bits per heavy atom. The molecule has 2 fully saturated rings. The van der Waals surface area contributed by atoms with Crippen LogP contribution in [0, 0.1) is 5.92 Å². The summed E-state index contributed by atoms with van der Waals surface area (Å²) in [5.74, 6) is 2.30. The van der Waals surface area contributed by atoms with Gasteiger partial charge in [-0.25, -0.2) is 0 Å². The number of nitrogens with zero attached hydrogens (tertiary/aromatic N) is 2. The minimum Gasteiger partial charge on any atom is -0.457 e. The molecule has 4 nitrogen and oxygen atoms in total. The topological polar surface area (TPSA) is 35.9 Å². The Balaban J connectivity index is 1.33. The van der Waals surface area contributed by atoms with E-state index < -0.39 is 0 Å². The lowest BCUT2D eigenvalue weighted by molar-refractivity contribution is 0.0544. The smallest absolute Gasteiger partial charge is 0.127 e. The largest absolute Gasteiger partial charge is 0.457 e. The number of rotatable bonds is 6. The third-order valence-corrected chi connectivity index (χ3v) is 6.19. The van der Waals surface area contributed by atoms with E-state index in [1.165, 1.54) is 24.9 Å². The summed E-state index contributed by atoms with van der Waals surface area (Å²) in [5.41, 5.74) is 1.31. The lowest BCUT2D eigenvalue weighted by atomic mass is 9.94. The molecule has 0 aromatic heterocycles. The Hall–Kier alpha value is -1.88. The van der Waals surface area contributed by atoms with Crippen molar-refractivity contribution in [3.8, 4) is 11.5 Å². The maximum absolute atomic E-state index is 9.37. The van der Waals surface area contributed by atoms with Crippen LogP contribution < -0.4 is 4.74 Å². The SMILES string of the molecule is OCC1CCN(C2CCCN(Cc3cccc(Oc4ccccc4)c3)C2)CC1.